The van der Waals surface area contributed by atoms with Crippen LogP contribution in [-0.2, 0) is 5.41 Å². The second-order valence-corrected chi connectivity index (χ2v) is 23.6. The van der Waals surface area contributed by atoms with E-state index in [1.165, 1.54) is 60.9 Å². The largest absolute Gasteiger partial charge is 0.457 e. The summed E-state index contributed by atoms with van der Waals surface area (Å²) < 4.78 is 9.38. The highest BCUT2D eigenvalue weighted by molar-refractivity contribution is 6.88. The molecule has 9 rings (SSSR count). The summed E-state index contributed by atoms with van der Waals surface area (Å²) >= 11 is 0. The van der Waals surface area contributed by atoms with Crippen molar-refractivity contribution in [1.29, 1.82) is 0 Å². The summed E-state index contributed by atoms with van der Waals surface area (Å²) in [6.45, 7) is 21.3. The fourth-order valence-electron chi connectivity index (χ4n) is 9.05. The Labute approximate surface area is 350 Å². The molecule has 3 heterocycles. The molecule has 6 heteroatoms. The number of hydrogen-bond acceptors (Lipinski definition) is 4. The summed E-state index contributed by atoms with van der Waals surface area (Å²) in [6.07, 6.45) is 1.95. The molecule has 5 nitrogen and oxygen atoms in total. The fraction of sp³-hybridized carbons (Fsp3) is 0.226. The van der Waals surface area contributed by atoms with Gasteiger partial charge in [0.25, 0.3) is 0 Å². The highest BCUT2D eigenvalue weighted by atomic mass is 28.3. The highest BCUT2D eigenvalue weighted by Gasteiger charge is 2.26. The van der Waals surface area contributed by atoms with Gasteiger partial charge in [-0.15, -0.1) is 0 Å². The van der Waals surface area contributed by atoms with Crippen molar-refractivity contribution in [2.45, 2.75) is 66.6 Å². The van der Waals surface area contributed by atoms with E-state index in [2.05, 4.69) is 210 Å². The van der Waals surface area contributed by atoms with Gasteiger partial charge in [0.1, 0.15) is 17.3 Å². The number of fused-ring (bicyclic) bond motifs is 4. The monoisotopic (exact) mass is 790 g/mol. The highest BCUT2D eigenvalue weighted by Crippen LogP contribution is 2.45. The van der Waals surface area contributed by atoms with Crippen molar-refractivity contribution in [2.75, 3.05) is 23.5 Å². The number of para-hydroxylation sites is 3. The Morgan fingerprint density at radius 1 is 0.661 bits per heavy atom. The zero-order valence-corrected chi connectivity index (χ0v) is 37.1. The molecule has 0 amide bonds. The van der Waals surface area contributed by atoms with E-state index in [9.17, 15) is 0 Å². The minimum absolute atomic E-state index is 0.0399. The molecule has 0 saturated carbocycles. The molecule has 59 heavy (non-hydrogen) atoms. The topological polar surface area (TPSA) is 33.5 Å². The maximum absolute atomic E-state index is 7.02. The van der Waals surface area contributed by atoms with Crippen LogP contribution in [0.4, 0.5) is 17.1 Å². The van der Waals surface area contributed by atoms with Crippen LogP contribution in [0.2, 0.25) is 19.6 Å². The van der Waals surface area contributed by atoms with Crippen LogP contribution in [-0.4, -0.2) is 31.3 Å². The van der Waals surface area contributed by atoms with E-state index in [0.29, 0.717) is 0 Å². The third kappa shape index (κ3) is 6.99. The van der Waals surface area contributed by atoms with E-state index in [1.807, 2.05) is 6.20 Å². The van der Waals surface area contributed by atoms with Gasteiger partial charge in [-0.1, -0.05) is 118 Å². The molecule has 0 unspecified atom stereocenters. The van der Waals surface area contributed by atoms with E-state index in [-0.39, 0.29) is 5.41 Å². The molecule has 0 saturated heterocycles. The van der Waals surface area contributed by atoms with Crippen LogP contribution in [0.3, 0.4) is 0 Å². The van der Waals surface area contributed by atoms with Crippen LogP contribution in [0.25, 0.3) is 49.9 Å². The summed E-state index contributed by atoms with van der Waals surface area (Å²) in [5, 5.41) is 3.80. The molecule has 0 bridgehead atoms. The number of pyridine rings is 1. The number of hydrogen-bond donors (Lipinski definition) is 0. The lowest BCUT2D eigenvalue weighted by Gasteiger charge is -2.22. The maximum atomic E-state index is 7.02. The second-order valence-electron chi connectivity index (χ2n) is 18.5. The van der Waals surface area contributed by atoms with Gasteiger partial charge in [0.2, 0.25) is 0 Å². The minimum Gasteiger partial charge on any atom is -0.457 e. The Hall–Kier alpha value is -6.11. The molecule has 0 radical (unpaired) electrons. The van der Waals surface area contributed by atoms with Crippen LogP contribution < -0.4 is 19.7 Å². The van der Waals surface area contributed by atoms with Gasteiger partial charge in [-0.25, -0.2) is 4.98 Å². The van der Waals surface area contributed by atoms with Crippen molar-refractivity contribution in [3.8, 4) is 39.6 Å². The summed E-state index contributed by atoms with van der Waals surface area (Å²) in [6, 6.07) is 46.8. The number of rotatable bonds is 7. The van der Waals surface area contributed by atoms with Gasteiger partial charge in [0, 0.05) is 47.4 Å². The Bertz CT molecular complexity index is 2890. The van der Waals surface area contributed by atoms with E-state index < -0.39 is 8.07 Å². The second kappa shape index (κ2) is 14.3. The number of anilines is 3. The summed E-state index contributed by atoms with van der Waals surface area (Å²) in [5.74, 6) is 2.46. The standard InChI is InChI=1S/C53H54N4OSi/c1-34-26-35(2)51(36(3)27-34)38-28-40(56-33-55(7)47-16-11-12-17-48(47)56)31-42(29-38)58-41-20-23-45-46-15-13-14-44(37-18-21-43(22-19-37)59(8,9)10)52(46)57(49(45)32-41)50-30-39(24-25-54-50)53(4,5)6/h11-32H,33H2,1-10H3. The first-order chi connectivity index (χ1) is 28.1. The molecule has 2 aromatic heterocycles. The number of nitrogens with zero attached hydrogens (tertiary/aromatic N) is 4. The summed E-state index contributed by atoms with van der Waals surface area (Å²) in [5.41, 5.74) is 15.5. The van der Waals surface area contributed by atoms with Crippen molar-refractivity contribution in [3.63, 3.8) is 0 Å². The quantitative estimate of drug-likeness (QED) is 0.151. The van der Waals surface area contributed by atoms with Gasteiger partial charge >= 0.3 is 0 Å². The van der Waals surface area contributed by atoms with Gasteiger partial charge in [0.05, 0.1) is 37.2 Å². The van der Waals surface area contributed by atoms with Crippen molar-refractivity contribution in [1.82, 2.24) is 9.55 Å². The third-order valence-corrected chi connectivity index (χ3v) is 14.1. The molecule has 8 aromatic rings. The molecule has 0 spiro atoms. The molecule has 1 aliphatic rings. The smallest absolute Gasteiger partial charge is 0.137 e. The predicted molar refractivity (Wildman–Crippen MR) is 254 cm³/mol. The lowest BCUT2D eigenvalue weighted by molar-refractivity contribution is 0.483. The molecule has 1 aliphatic heterocycles. The fourth-order valence-corrected chi connectivity index (χ4v) is 10.2. The van der Waals surface area contributed by atoms with Gasteiger partial charge in [-0.2, -0.15) is 0 Å². The van der Waals surface area contributed by atoms with Crippen molar-refractivity contribution in [3.05, 3.63) is 156 Å². The zero-order chi connectivity index (χ0) is 41.4. The minimum atomic E-state index is -1.46. The van der Waals surface area contributed by atoms with Crippen molar-refractivity contribution in [2.24, 2.45) is 0 Å². The van der Waals surface area contributed by atoms with Gasteiger partial charge in [-0.05, 0) is 108 Å². The number of aryl methyl sites for hydroxylation is 3. The first-order valence-corrected chi connectivity index (χ1v) is 24.3. The predicted octanol–water partition coefficient (Wildman–Crippen LogP) is 13.6. The Balaban J connectivity index is 1.23. The molecule has 0 N–H and O–H groups in total. The van der Waals surface area contributed by atoms with E-state index >= 15 is 0 Å². The van der Waals surface area contributed by atoms with E-state index in [0.717, 1.165) is 51.7 Å². The average Bonchev–Trinajstić information content (AvgIpc) is 3.71. The molecular weight excluding hydrogens is 737 g/mol. The molecule has 0 atom stereocenters. The first kappa shape index (κ1) is 38.4. The lowest BCUT2D eigenvalue weighted by Crippen LogP contribution is -2.37. The summed E-state index contributed by atoms with van der Waals surface area (Å²) in [4.78, 5) is 9.74. The van der Waals surface area contributed by atoms with Gasteiger partial charge in [-0.3, -0.25) is 4.57 Å². The average molecular weight is 791 g/mol. The van der Waals surface area contributed by atoms with Crippen LogP contribution in [0.1, 0.15) is 43.0 Å². The molecule has 0 fully saturated rings. The Kier molecular flexibility index (Phi) is 9.32. The lowest BCUT2D eigenvalue weighted by atomic mass is 9.88. The Morgan fingerprint density at radius 2 is 1.39 bits per heavy atom. The van der Waals surface area contributed by atoms with E-state index in [4.69, 9.17) is 9.72 Å². The molecule has 6 aromatic carbocycles. The van der Waals surface area contributed by atoms with Crippen LogP contribution in [0.5, 0.6) is 11.5 Å². The number of aromatic nitrogens is 2. The van der Waals surface area contributed by atoms with Crippen LogP contribution in [0, 0.1) is 20.8 Å². The van der Waals surface area contributed by atoms with E-state index in [1.54, 1.807) is 0 Å². The summed E-state index contributed by atoms with van der Waals surface area (Å²) in [7, 11) is 0.696. The number of ether oxygens (including phenoxy) is 1. The maximum Gasteiger partial charge on any atom is 0.137 e. The van der Waals surface area contributed by atoms with Crippen LogP contribution in [0.15, 0.2) is 134 Å². The van der Waals surface area contributed by atoms with Crippen molar-refractivity contribution < 1.29 is 4.74 Å². The van der Waals surface area contributed by atoms with Gasteiger partial charge in [0.15, 0.2) is 0 Å². The Morgan fingerprint density at radius 3 is 2.10 bits per heavy atom. The molecule has 296 valence electrons. The third-order valence-electron chi connectivity index (χ3n) is 12.0. The zero-order valence-electron chi connectivity index (χ0n) is 36.1. The molecular formula is C53H54N4OSi. The first-order valence-electron chi connectivity index (χ1n) is 20.8. The van der Waals surface area contributed by atoms with Crippen LogP contribution >= 0.6 is 0 Å². The molecule has 0 aliphatic carbocycles. The number of benzene rings is 6. The van der Waals surface area contributed by atoms with Gasteiger partial charge < -0.3 is 14.5 Å². The normalized spacial score (nSPS) is 13.1. The SMILES string of the molecule is Cc1cc(C)c(-c2cc(Oc3ccc4c5cccc(-c6ccc([Si](C)(C)C)cc6)c5n(-c5cc(C(C)(C)C)ccn5)c4c3)cc(N3CN(C)c4ccccc43)c2)c(C)c1. The van der Waals surface area contributed by atoms with Crippen molar-refractivity contribution >= 4 is 52.1 Å².